The molecule has 2 amide bonds. The summed E-state index contributed by atoms with van der Waals surface area (Å²) in [7, 11) is 0. The number of aromatic nitrogens is 1. The summed E-state index contributed by atoms with van der Waals surface area (Å²) in [5.41, 5.74) is -0.336. The van der Waals surface area contributed by atoms with E-state index in [4.69, 9.17) is 11.6 Å². The molecule has 0 aliphatic carbocycles. The quantitative estimate of drug-likeness (QED) is 0.640. The van der Waals surface area contributed by atoms with Gasteiger partial charge in [-0.15, -0.1) is 0 Å². The molecule has 0 spiro atoms. The van der Waals surface area contributed by atoms with Gasteiger partial charge in [0.1, 0.15) is 5.69 Å². The van der Waals surface area contributed by atoms with Crippen LogP contribution in [-0.4, -0.2) is 40.8 Å². The lowest BCUT2D eigenvalue weighted by molar-refractivity contribution is -0.141. The minimum Gasteiger partial charge on any atom is -0.312 e. The number of hydrogen-bond acceptors (Lipinski definition) is 3. The fourth-order valence-corrected chi connectivity index (χ4v) is 3.35. The van der Waals surface area contributed by atoms with Crippen molar-refractivity contribution in [3.63, 3.8) is 0 Å². The predicted molar refractivity (Wildman–Crippen MR) is 103 cm³/mol. The van der Waals surface area contributed by atoms with Crippen LogP contribution in [0, 0.1) is 5.92 Å². The van der Waals surface area contributed by atoms with Crippen LogP contribution in [0.2, 0.25) is 5.02 Å². The van der Waals surface area contributed by atoms with Gasteiger partial charge in [0.15, 0.2) is 5.78 Å². The maximum absolute atomic E-state index is 13.0. The van der Waals surface area contributed by atoms with Crippen molar-refractivity contribution in [2.24, 2.45) is 5.92 Å². The number of ketones is 1. The van der Waals surface area contributed by atoms with Gasteiger partial charge in [0.25, 0.3) is 0 Å². The van der Waals surface area contributed by atoms with E-state index in [0.29, 0.717) is 10.6 Å². The summed E-state index contributed by atoms with van der Waals surface area (Å²) in [5, 5.41) is 0.500. The van der Waals surface area contributed by atoms with Crippen molar-refractivity contribution in [3.05, 3.63) is 58.9 Å². The van der Waals surface area contributed by atoms with Crippen LogP contribution in [0.4, 0.5) is 23.7 Å². The van der Waals surface area contributed by atoms with Gasteiger partial charge in [-0.3, -0.25) is 9.69 Å². The Balaban J connectivity index is 1.81. The van der Waals surface area contributed by atoms with Gasteiger partial charge in [0.05, 0.1) is 24.5 Å². The molecular formula is C20H19ClF3N3O2. The summed E-state index contributed by atoms with van der Waals surface area (Å²) >= 11 is 5.84. The average Bonchev–Trinajstić information content (AvgIpc) is 2.98. The van der Waals surface area contributed by atoms with E-state index in [1.807, 2.05) is 13.8 Å². The van der Waals surface area contributed by atoms with Crippen LogP contribution in [-0.2, 0) is 6.18 Å². The fourth-order valence-electron chi connectivity index (χ4n) is 3.23. The van der Waals surface area contributed by atoms with Gasteiger partial charge >= 0.3 is 12.2 Å². The number of nitrogens with zero attached hydrogens (tertiary/aromatic N) is 3. The number of hydrogen-bond donors (Lipinski definition) is 0. The van der Waals surface area contributed by atoms with E-state index >= 15 is 0 Å². The van der Waals surface area contributed by atoms with Crippen LogP contribution in [0.3, 0.4) is 0 Å². The smallest absolute Gasteiger partial charge is 0.312 e. The second-order valence-corrected chi connectivity index (χ2v) is 7.60. The molecule has 0 radical (unpaired) electrons. The molecule has 0 unspecified atom stereocenters. The minimum atomic E-state index is -4.55. The number of pyridine rings is 1. The molecule has 2 aromatic rings. The normalized spacial score (nSPS) is 17.3. The number of amides is 2. The van der Waals surface area contributed by atoms with Crippen molar-refractivity contribution in [2.45, 2.75) is 26.1 Å². The van der Waals surface area contributed by atoms with E-state index in [9.17, 15) is 22.8 Å². The largest absolute Gasteiger partial charge is 0.433 e. The second-order valence-electron chi connectivity index (χ2n) is 7.16. The molecule has 1 saturated heterocycles. The first kappa shape index (κ1) is 21.1. The SMILES string of the molecule is CC(C)[C@H]1CN(c2ccc(C(F)(F)F)nc2)C(=O)N1CC(=O)c1ccc(Cl)cc1. The monoisotopic (exact) mass is 425 g/mol. The highest BCUT2D eigenvalue weighted by molar-refractivity contribution is 6.30. The minimum absolute atomic E-state index is 0.0457. The van der Waals surface area contributed by atoms with Crippen LogP contribution in [0.15, 0.2) is 42.6 Å². The third kappa shape index (κ3) is 4.53. The van der Waals surface area contributed by atoms with Gasteiger partial charge in [-0.1, -0.05) is 25.4 Å². The highest BCUT2D eigenvalue weighted by Gasteiger charge is 2.41. The molecule has 29 heavy (non-hydrogen) atoms. The first-order valence-corrected chi connectivity index (χ1v) is 9.36. The molecule has 1 aliphatic rings. The third-order valence-electron chi connectivity index (χ3n) is 4.85. The second kappa shape index (κ2) is 8.02. The summed E-state index contributed by atoms with van der Waals surface area (Å²) < 4.78 is 38.2. The molecule has 2 heterocycles. The molecule has 1 aliphatic heterocycles. The third-order valence-corrected chi connectivity index (χ3v) is 5.10. The molecule has 1 aromatic carbocycles. The molecule has 154 valence electrons. The Morgan fingerprint density at radius 3 is 2.38 bits per heavy atom. The number of alkyl halides is 3. The summed E-state index contributed by atoms with van der Waals surface area (Å²) in [5.74, 6) is -0.197. The van der Waals surface area contributed by atoms with E-state index in [-0.39, 0.29) is 36.5 Å². The van der Waals surface area contributed by atoms with E-state index in [1.165, 1.54) is 15.9 Å². The van der Waals surface area contributed by atoms with Crippen molar-refractivity contribution in [1.82, 2.24) is 9.88 Å². The number of rotatable bonds is 5. The number of Topliss-reactive ketones (excluding diaryl/α,β-unsaturated/α-hetero) is 1. The summed E-state index contributed by atoms with van der Waals surface area (Å²) in [6.45, 7) is 3.98. The lowest BCUT2D eigenvalue weighted by atomic mass is 10.0. The zero-order chi connectivity index (χ0) is 21.3. The number of urea groups is 1. The number of benzene rings is 1. The maximum atomic E-state index is 13.0. The molecule has 0 bridgehead atoms. The Labute approximate surface area is 171 Å². The highest BCUT2D eigenvalue weighted by Crippen LogP contribution is 2.31. The summed E-state index contributed by atoms with van der Waals surface area (Å²) in [6, 6.07) is 7.74. The zero-order valence-corrected chi connectivity index (χ0v) is 16.5. The molecule has 1 atom stereocenters. The summed E-state index contributed by atoms with van der Waals surface area (Å²) in [4.78, 5) is 31.8. The summed E-state index contributed by atoms with van der Waals surface area (Å²) in [6.07, 6.45) is -3.52. The lowest BCUT2D eigenvalue weighted by Gasteiger charge is -2.25. The maximum Gasteiger partial charge on any atom is 0.433 e. The number of carbonyl (C=O) groups is 2. The number of carbonyl (C=O) groups excluding carboxylic acids is 2. The van der Waals surface area contributed by atoms with Crippen molar-refractivity contribution in [3.8, 4) is 0 Å². The van der Waals surface area contributed by atoms with Crippen LogP contribution in [0.5, 0.6) is 0 Å². The van der Waals surface area contributed by atoms with Gasteiger partial charge in [0.2, 0.25) is 0 Å². The Bertz CT molecular complexity index is 899. The Hall–Kier alpha value is -2.61. The molecule has 0 saturated carbocycles. The van der Waals surface area contributed by atoms with Gasteiger partial charge < -0.3 is 4.90 Å². The fraction of sp³-hybridized carbons (Fsp3) is 0.350. The van der Waals surface area contributed by atoms with Crippen molar-refractivity contribution in [2.75, 3.05) is 18.0 Å². The van der Waals surface area contributed by atoms with Crippen molar-refractivity contribution in [1.29, 1.82) is 0 Å². The Kier molecular flexibility index (Phi) is 5.84. The van der Waals surface area contributed by atoms with Gasteiger partial charge in [-0.2, -0.15) is 13.2 Å². The molecular weight excluding hydrogens is 407 g/mol. The van der Waals surface area contributed by atoms with E-state index in [1.54, 1.807) is 24.3 Å². The van der Waals surface area contributed by atoms with Crippen molar-refractivity contribution < 1.29 is 22.8 Å². The average molecular weight is 426 g/mol. The first-order chi connectivity index (χ1) is 13.6. The molecule has 1 aromatic heterocycles. The van der Waals surface area contributed by atoms with Gasteiger partial charge in [-0.25, -0.2) is 9.78 Å². The molecule has 0 N–H and O–H groups in total. The number of anilines is 1. The van der Waals surface area contributed by atoms with Gasteiger partial charge in [0, 0.05) is 17.1 Å². The molecule has 9 heteroatoms. The van der Waals surface area contributed by atoms with Crippen LogP contribution < -0.4 is 4.90 Å². The molecule has 1 fully saturated rings. The van der Waals surface area contributed by atoms with E-state index in [2.05, 4.69) is 4.98 Å². The first-order valence-electron chi connectivity index (χ1n) is 8.98. The number of halogens is 4. The highest BCUT2D eigenvalue weighted by atomic mass is 35.5. The standard InChI is InChI=1S/C20H19ClF3N3O2/c1-12(2)16-10-26(15-7-8-18(25-9-15)20(22,23)24)19(29)27(16)11-17(28)13-3-5-14(21)6-4-13/h3-9,12,16H,10-11H2,1-2H3/t16-/m1/s1. The Morgan fingerprint density at radius 1 is 1.21 bits per heavy atom. The van der Waals surface area contributed by atoms with E-state index in [0.717, 1.165) is 12.3 Å². The van der Waals surface area contributed by atoms with Crippen molar-refractivity contribution >= 4 is 29.1 Å². The van der Waals surface area contributed by atoms with Crippen LogP contribution in [0.25, 0.3) is 0 Å². The predicted octanol–water partition coefficient (Wildman–Crippen LogP) is 4.90. The molecule has 3 rings (SSSR count). The van der Waals surface area contributed by atoms with Crippen LogP contribution in [0.1, 0.15) is 29.9 Å². The lowest BCUT2D eigenvalue weighted by Crippen LogP contribution is -2.41. The van der Waals surface area contributed by atoms with Crippen LogP contribution >= 0.6 is 11.6 Å². The zero-order valence-electron chi connectivity index (χ0n) is 15.8. The Morgan fingerprint density at radius 2 is 1.86 bits per heavy atom. The van der Waals surface area contributed by atoms with Gasteiger partial charge in [-0.05, 0) is 42.3 Å². The van der Waals surface area contributed by atoms with E-state index < -0.39 is 17.9 Å². The molecule has 5 nitrogen and oxygen atoms in total. The topological polar surface area (TPSA) is 53.5 Å².